The number of carboxylic acids is 1. The second kappa shape index (κ2) is 3.98. The molecule has 0 spiro atoms. The lowest BCUT2D eigenvalue weighted by Gasteiger charge is -2.15. The predicted octanol–water partition coefficient (Wildman–Crippen LogP) is 0.778. The smallest absolute Gasteiger partial charge is 0.308 e. The van der Waals surface area contributed by atoms with Crippen molar-refractivity contribution in [1.29, 1.82) is 0 Å². The minimum Gasteiger partial charge on any atom is -0.481 e. The fourth-order valence-corrected chi connectivity index (χ4v) is 2.11. The SMILES string of the molecule is Cc1cccnc1C1CNCC1C(=O)O. The molecule has 1 aliphatic rings. The van der Waals surface area contributed by atoms with Crippen LogP contribution < -0.4 is 5.32 Å². The van der Waals surface area contributed by atoms with Crippen molar-refractivity contribution in [3.8, 4) is 0 Å². The van der Waals surface area contributed by atoms with Gasteiger partial charge in [0.15, 0.2) is 0 Å². The summed E-state index contributed by atoms with van der Waals surface area (Å²) in [4.78, 5) is 15.3. The molecule has 80 valence electrons. The average molecular weight is 206 g/mol. The predicted molar refractivity (Wildman–Crippen MR) is 55.7 cm³/mol. The maximum Gasteiger partial charge on any atom is 0.308 e. The molecule has 0 saturated carbocycles. The Bertz CT molecular complexity index is 379. The Hall–Kier alpha value is -1.42. The molecule has 0 aliphatic carbocycles. The van der Waals surface area contributed by atoms with Crippen molar-refractivity contribution in [2.45, 2.75) is 12.8 Å². The largest absolute Gasteiger partial charge is 0.481 e. The Kier molecular flexibility index (Phi) is 2.68. The van der Waals surface area contributed by atoms with Gasteiger partial charge in [-0.15, -0.1) is 0 Å². The molecule has 2 rings (SSSR count). The van der Waals surface area contributed by atoms with Gasteiger partial charge in [-0.2, -0.15) is 0 Å². The van der Waals surface area contributed by atoms with E-state index < -0.39 is 5.97 Å². The van der Waals surface area contributed by atoms with Gasteiger partial charge in [-0.1, -0.05) is 6.07 Å². The highest BCUT2D eigenvalue weighted by Gasteiger charge is 2.35. The summed E-state index contributed by atoms with van der Waals surface area (Å²) >= 11 is 0. The van der Waals surface area contributed by atoms with Crippen molar-refractivity contribution < 1.29 is 9.90 Å². The van der Waals surface area contributed by atoms with E-state index in [-0.39, 0.29) is 11.8 Å². The van der Waals surface area contributed by atoms with Crippen molar-refractivity contribution in [2.24, 2.45) is 5.92 Å². The highest BCUT2D eigenvalue weighted by molar-refractivity contribution is 5.72. The third-order valence-corrected chi connectivity index (χ3v) is 2.93. The van der Waals surface area contributed by atoms with Gasteiger partial charge in [0.1, 0.15) is 0 Å². The van der Waals surface area contributed by atoms with Crippen molar-refractivity contribution in [2.75, 3.05) is 13.1 Å². The van der Waals surface area contributed by atoms with Crippen LogP contribution in [0.5, 0.6) is 0 Å². The number of hydrogen-bond donors (Lipinski definition) is 2. The molecule has 1 saturated heterocycles. The standard InChI is InChI=1S/C11H14N2O2/c1-7-3-2-4-13-10(7)8-5-12-6-9(8)11(14)15/h2-4,8-9,12H,5-6H2,1H3,(H,14,15). The molecule has 15 heavy (non-hydrogen) atoms. The maximum absolute atomic E-state index is 11.0. The molecule has 4 heteroatoms. The number of carbonyl (C=O) groups is 1. The van der Waals surface area contributed by atoms with Crippen molar-refractivity contribution in [3.63, 3.8) is 0 Å². The second-order valence-corrected chi connectivity index (χ2v) is 3.92. The average Bonchev–Trinajstić information content (AvgIpc) is 2.67. The minimum atomic E-state index is -0.741. The van der Waals surface area contributed by atoms with Gasteiger partial charge in [-0.05, 0) is 18.6 Å². The topological polar surface area (TPSA) is 62.2 Å². The quantitative estimate of drug-likeness (QED) is 0.750. The summed E-state index contributed by atoms with van der Waals surface area (Å²) in [5.74, 6) is -1.09. The summed E-state index contributed by atoms with van der Waals surface area (Å²) in [6, 6.07) is 3.84. The van der Waals surface area contributed by atoms with Crippen LogP contribution in [0.2, 0.25) is 0 Å². The molecule has 0 amide bonds. The number of pyridine rings is 1. The maximum atomic E-state index is 11.0. The number of rotatable bonds is 2. The molecule has 0 aromatic carbocycles. The van der Waals surface area contributed by atoms with E-state index in [1.165, 1.54) is 0 Å². The van der Waals surface area contributed by atoms with Gasteiger partial charge < -0.3 is 10.4 Å². The van der Waals surface area contributed by atoms with Crippen LogP contribution in [0.3, 0.4) is 0 Å². The van der Waals surface area contributed by atoms with Crippen LogP contribution in [0.15, 0.2) is 18.3 Å². The number of aryl methyl sites for hydroxylation is 1. The third-order valence-electron chi connectivity index (χ3n) is 2.93. The minimum absolute atomic E-state index is 0.00343. The van der Waals surface area contributed by atoms with Crippen LogP contribution in [0.25, 0.3) is 0 Å². The van der Waals surface area contributed by atoms with Crippen LogP contribution in [0.1, 0.15) is 17.2 Å². The molecule has 2 unspecified atom stereocenters. The van der Waals surface area contributed by atoms with Crippen molar-refractivity contribution in [3.05, 3.63) is 29.6 Å². The van der Waals surface area contributed by atoms with Gasteiger partial charge in [0.2, 0.25) is 0 Å². The fraction of sp³-hybridized carbons (Fsp3) is 0.455. The van der Waals surface area contributed by atoms with Crippen molar-refractivity contribution >= 4 is 5.97 Å². The number of aromatic nitrogens is 1. The summed E-state index contributed by atoms with van der Waals surface area (Å²) in [5.41, 5.74) is 1.98. The highest BCUT2D eigenvalue weighted by Crippen LogP contribution is 2.28. The van der Waals surface area contributed by atoms with Gasteiger partial charge in [0.25, 0.3) is 0 Å². The zero-order valence-electron chi connectivity index (χ0n) is 8.60. The third kappa shape index (κ3) is 1.85. The highest BCUT2D eigenvalue weighted by atomic mass is 16.4. The van der Waals surface area contributed by atoms with Crippen LogP contribution >= 0.6 is 0 Å². The van der Waals surface area contributed by atoms with E-state index in [0.29, 0.717) is 13.1 Å². The van der Waals surface area contributed by atoms with Crippen molar-refractivity contribution in [1.82, 2.24) is 10.3 Å². The monoisotopic (exact) mass is 206 g/mol. The number of nitrogens with zero attached hydrogens (tertiary/aromatic N) is 1. The first-order valence-electron chi connectivity index (χ1n) is 5.05. The van der Waals surface area contributed by atoms with E-state index in [4.69, 9.17) is 5.11 Å². The lowest BCUT2D eigenvalue weighted by Crippen LogP contribution is -2.22. The first-order chi connectivity index (χ1) is 7.20. The first kappa shape index (κ1) is 10.1. The molecule has 0 bridgehead atoms. The normalized spacial score (nSPS) is 25.4. The number of hydrogen-bond acceptors (Lipinski definition) is 3. The van der Waals surface area contributed by atoms with Gasteiger partial charge >= 0.3 is 5.97 Å². The molecule has 2 atom stereocenters. The summed E-state index contributed by atoms with van der Waals surface area (Å²) in [7, 11) is 0. The zero-order chi connectivity index (χ0) is 10.8. The number of nitrogens with one attached hydrogen (secondary N) is 1. The molecule has 1 aromatic rings. The van der Waals surface area contributed by atoms with Gasteiger partial charge in [-0.25, -0.2) is 0 Å². The lowest BCUT2D eigenvalue weighted by atomic mass is 9.90. The molecule has 2 N–H and O–H groups in total. The second-order valence-electron chi connectivity index (χ2n) is 3.92. The van der Waals surface area contributed by atoms with E-state index in [1.54, 1.807) is 6.20 Å². The van der Waals surface area contributed by atoms with Gasteiger partial charge in [0.05, 0.1) is 5.92 Å². The van der Waals surface area contributed by atoms with E-state index in [0.717, 1.165) is 11.3 Å². The Morgan fingerprint density at radius 2 is 2.40 bits per heavy atom. The molecule has 0 radical (unpaired) electrons. The van der Waals surface area contributed by atoms with Gasteiger partial charge in [0, 0.05) is 30.9 Å². The molecule has 4 nitrogen and oxygen atoms in total. The molecule has 1 aromatic heterocycles. The number of aliphatic carboxylic acids is 1. The van der Waals surface area contributed by atoms with E-state index in [1.807, 2.05) is 19.1 Å². The Balaban J connectivity index is 2.30. The van der Waals surface area contributed by atoms with Crippen LogP contribution in [0, 0.1) is 12.8 Å². The Morgan fingerprint density at radius 1 is 1.60 bits per heavy atom. The van der Waals surface area contributed by atoms with Gasteiger partial charge in [-0.3, -0.25) is 9.78 Å². The van der Waals surface area contributed by atoms with E-state index in [9.17, 15) is 4.79 Å². The lowest BCUT2D eigenvalue weighted by molar-refractivity contribution is -0.141. The van der Waals surface area contributed by atoms with Crippen LogP contribution in [-0.4, -0.2) is 29.1 Å². The Morgan fingerprint density at radius 3 is 3.07 bits per heavy atom. The summed E-state index contributed by atoms with van der Waals surface area (Å²) in [6.07, 6.45) is 1.72. The molecular formula is C11H14N2O2. The zero-order valence-corrected chi connectivity index (χ0v) is 8.60. The molecule has 1 fully saturated rings. The number of carboxylic acid groups (broad SMARTS) is 1. The summed E-state index contributed by atoms with van der Waals surface area (Å²) < 4.78 is 0. The van der Waals surface area contributed by atoms with E-state index >= 15 is 0 Å². The molecule has 1 aliphatic heterocycles. The summed E-state index contributed by atoms with van der Waals surface area (Å²) in [6.45, 7) is 3.21. The summed E-state index contributed by atoms with van der Waals surface area (Å²) in [5, 5.41) is 12.2. The fourth-order valence-electron chi connectivity index (χ4n) is 2.11. The molecule has 2 heterocycles. The Labute approximate surface area is 88.3 Å². The van der Waals surface area contributed by atoms with Crippen LogP contribution in [0.4, 0.5) is 0 Å². The van der Waals surface area contributed by atoms with Crippen LogP contribution in [-0.2, 0) is 4.79 Å². The molecular weight excluding hydrogens is 192 g/mol. The van der Waals surface area contributed by atoms with E-state index in [2.05, 4.69) is 10.3 Å². The first-order valence-corrected chi connectivity index (χ1v) is 5.05.